The molecule has 0 saturated heterocycles. The number of hydrogen-bond donors (Lipinski definition) is 2. The number of nitrogens with zero attached hydrogens (tertiary/aromatic N) is 2. The summed E-state index contributed by atoms with van der Waals surface area (Å²) in [5, 5.41) is 5.90. The summed E-state index contributed by atoms with van der Waals surface area (Å²) in [6, 6.07) is 16.6. The SMILES string of the molecule is CCOC(=O)C1=C(C)Nc2ccccc2N=C1NC(=O)c1nc(-c2ccccc2)oc1C. The van der Waals surface area contributed by atoms with E-state index in [4.69, 9.17) is 9.15 Å². The summed E-state index contributed by atoms with van der Waals surface area (Å²) < 4.78 is 10.9. The second-order valence-electron chi connectivity index (χ2n) is 7.07. The number of anilines is 1. The van der Waals surface area contributed by atoms with Gasteiger partial charge >= 0.3 is 5.97 Å². The highest BCUT2D eigenvalue weighted by molar-refractivity contribution is 6.25. The van der Waals surface area contributed by atoms with Gasteiger partial charge in [-0.2, -0.15) is 0 Å². The molecule has 2 N–H and O–H groups in total. The number of esters is 1. The van der Waals surface area contributed by atoms with Crippen molar-refractivity contribution in [3.63, 3.8) is 0 Å². The van der Waals surface area contributed by atoms with Gasteiger partial charge in [0.05, 0.1) is 18.0 Å². The molecule has 1 amide bonds. The molecule has 3 aromatic rings. The Bertz CT molecular complexity index is 1240. The number of ether oxygens (including phenoxy) is 1. The van der Waals surface area contributed by atoms with E-state index >= 15 is 0 Å². The lowest BCUT2D eigenvalue weighted by Gasteiger charge is -2.12. The zero-order chi connectivity index (χ0) is 22.7. The Hall–Kier alpha value is -4.20. The Morgan fingerprint density at radius 1 is 1.06 bits per heavy atom. The molecule has 4 rings (SSSR count). The molecular weight excluding hydrogens is 408 g/mol. The molecule has 0 spiro atoms. The largest absolute Gasteiger partial charge is 0.462 e. The van der Waals surface area contributed by atoms with Crippen LogP contribution in [0.1, 0.15) is 30.1 Å². The van der Waals surface area contributed by atoms with Crippen molar-refractivity contribution in [3.8, 4) is 11.5 Å². The van der Waals surface area contributed by atoms with Gasteiger partial charge in [-0.05, 0) is 45.0 Å². The highest BCUT2D eigenvalue weighted by atomic mass is 16.5. The van der Waals surface area contributed by atoms with Crippen molar-refractivity contribution >= 4 is 29.1 Å². The predicted octanol–water partition coefficient (Wildman–Crippen LogP) is 4.37. The maximum Gasteiger partial charge on any atom is 0.343 e. The summed E-state index contributed by atoms with van der Waals surface area (Å²) in [7, 11) is 0. The zero-order valence-corrected chi connectivity index (χ0v) is 17.9. The summed E-state index contributed by atoms with van der Waals surface area (Å²) in [5.74, 6) is -0.368. The average molecular weight is 430 g/mol. The zero-order valence-electron chi connectivity index (χ0n) is 17.9. The number of aliphatic imine (C=N–C) groups is 1. The summed E-state index contributed by atoms with van der Waals surface area (Å²) in [6.07, 6.45) is 0. The van der Waals surface area contributed by atoms with Crippen LogP contribution in [0.25, 0.3) is 11.5 Å². The van der Waals surface area contributed by atoms with Crippen LogP contribution < -0.4 is 10.6 Å². The normalized spacial score (nSPS) is 12.9. The third-order valence-electron chi connectivity index (χ3n) is 4.81. The maximum atomic E-state index is 13.1. The van der Waals surface area contributed by atoms with Crippen molar-refractivity contribution in [2.45, 2.75) is 20.8 Å². The van der Waals surface area contributed by atoms with Crippen molar-refractivity contribution in [2.75, 3.05) is 11.9 Å². The van der Waals surface area contributed by atoms with E-state index < -0.39 is 11.9 Å². The standard InChI is InChI=1S/C24H22N4O4/c1-4-31-24(30)19-14(2)25-17-12-8-9-13-18(17)26-21(19)28-22(29)20-15(3)32-23(27-20)16-10-6-5-7-11-16/h5-13,25H,4H2,1-3H3,(H,26,28,29). The molecule has 8 heteroatoms. The van der Waals surface area contributed by atoms with Crippen LogP contribution in [0.4, 0.5) is 11.4 Å². The van der Waals surface area contributed by atoms with Crippen LogP contribution in [0.5, 0.6) is 0 Å². The third kappa shape index (κ3) is 4.15. The van der Waals surface area contributed by atoms with Crippen LogP contribution in [0.2, 0.25) is 0 Å². The first-order valence-corrected chi connectivity index (χ1v) is 10.1. The smallest absolute Gasteiger partial charge is 0.343 e. The lowest BCUT2D eigenvalue weighted by Crippen LogP contribution is -2.36. The van der Waals surface area contributed by atoms with Crippen LogP contribution in [0.15, 0.2) is 75.3 Å². The number of para-hydroxylation sites is 2. The van der Waals surface area contributed by atoms with Crippen LogP contribution in [-0.2, 0) is 9.53 Å². The van der Waals surface area contributed by atoms with E-state index in [1.54, 1.807) is 26.8 Å². The molecular formula is C24H22N4O4. The Morgan fingerprint density at radius 3 is 2.53 bits per heavy atom. The van der Waals surface area contributed by atoms with Gasteiger partial charge in [0.1, 0.15) is 17.2 Å². The quantitative estimate of drug-likeness (QED) is 0.596. The number of carbonyl (C=O) groups excluding carboxylic acids is 2. The molecule has 8 nitrogen and oxygen atoms in total. The molecule has 0 radical (unpaired) electrons. The molecule has 1 aliphatic rings. The monoisotopic (exact) mass is 430 g/mol. The lowest BCUT2D eigenvalue weighted by molar-refractivity contribution is -0.137. The number of carbonyl (C=O) groups is 2. The summed E-state index contributed by atoms with van der Waals surface area (Å²) in [6.45, 7) is 5.29. The van der Waals surface area contributed by atoms with Gasteiger partial charge in [0, 0.05) is 11.3 Å². The molecule has 0 bridgehead atoms. The number of aryl methyl sites for hydroxylation is 1. The molecule has 2 heterocycles. The third-order valence-corrected chi connectivity index (χ3v) is 4.81. The van der Waals surface area contributed by atoms with Gasteiger partial charge in [0.25, 0.3) is 5.91 Å². The van der Waals surface area contributed by atoms with E-state index in [9.17, 15) is 9.59 Å². The second-order valence-corrected chi connectivity index (χ2v) is 7.07. The first-order valence-electron chi connectivity index (χ1n) is 10.1. The van der Waals surface area contributed by atoms with E-state index in [-0.39, 0.29) is 23.7 Å². The Balaban J connectivity index is 1.71. The Labute approximate surface area is 185 Å². The fourth-order valence-electron chi connectivity index (χ4n) is 3.32. The van der Waals surface area contributed by atoms with Gasteiger partial charge in [0.15, 0.2) is 5.69 Å². The van der Waals surface area contributed by atoms with Gasteiger partial charge in [0.2, 0.25) is 5.89 Å². The molecule has 2 aromatic carbocycles. The maximum absolute atomic E-state index is 13.1. The number of oxazole rings is 1. The predicted molar refractivity (Wildman–Crippen MR) is 121 cm³/mol. The Morgan fingerprint density at radius 2 is 1.78 bits per heavy atom. The molecule has 0 unspecified atom stereocenters. The average Bonchev–Trinajstić information content (AvgIpc) is 3.11. The lowest BCUT2D eigenvalue weighted by atomic mass is 10.1. The molecule has 1 aliphatic heterocycles. The van der Waals surface area contributed by atoms with E-state index in [1.165, 1.54) is 0 Å². The van der Waals surface area contributed by atoms with Crippen molar-refractivity contribution in [3.05, 3.63) is 77.3 Å². The first kappa shape index (κ1) is 21.0. The van der Waals surface area contributed by atoms with Crippen LogP contribution >= 0.6 is 0 Å². The van der Waals surface area contributed by atoms with Crippen molar-refractivity contribution < 1.29 is 18.7 Å². The minimum absolute atomic E-state index is 0.0760. The summed E-state index contributed by atoms with van der Waals surface area (Å²) in [5.41, 5.74) is 2.79. The number of nitrogens with one attached hydrogen (secondary N) is 2. The van der Waals surface area contributed by atoms with Gasteiger partial charge < -0.3 is 19.8 Å². The molecule has 0 atom stereocenters. The topological polar surface area (TPSA) is 106 Å². The fourth-order valence-corrected chi connectivity index (χ4v) is 3.32. The second kappa shape index (κ2) is 8.89. The number of allylic oxidation sites excluding steroid dienone is 1. The molecule has 1 aromatic heterocycles. The van der Waals surface area contributed by atoms with Gasteiger partial charge in [-0.1, -0.05) is 30.3 Å². The molecule has 162 valence electrons. The van der Waals surface area contributed by atoms with E-state index in [1.807, 2.05) is 48.5 Å². The number of amidine groups is 1. The van der Waals surface area contributed by atoms with Gasteiger partial charge in [-0.3, -0.25) is 4.79 Å². The van der Waals surface area contributed by atoms with Gasteiger partial charge in [-0.15, -0.1) is 0 Å². The van der Waals surface area contributed by atoms with Crippen LogP contribution in [0, 0.1) is 6.92 Å². The Kier molecular flexibility index (Phi) is 5.85. The number of amides is 1. The summed E-state index contributed by atoms with van der Waals surface area (Å²) in [4.78, 5) is 34.7. The minimum Gasteiger partial charge on any atom is -0.462 e. The molecule has 0 saturated carbocycles. The first-order chi connectivity index (χ1) is 15.5. The van der Waals surface area contributed by atoms with Crippen molar-refractivity contribution in [1.29, 1.82) is 0 Å². The highest BCUT2D eigenvalue weighted by Gasteiger charge is 2.28. The van der Waals surface area contributed by atoms with Crippen LogP contribution in [-0.4, -0.2) is 29.3 Å². The number of hydrogen-bond acceptors (Lipinski definition) is 7. The van der Waals surface area contributed by atoms with E-state index in [0.29, 0.717) is 28.7 Å². The van der Waals surface area contributed by atoms with E-state index in [0.717, 1.165) is 5.56 Å². The molecule has 32 heavy (non-hydrogen) atoms. The number of rotatable bonds is 4. The summed E-state index contributed by atoms with van der Waals surface area (Å²) >= 11 is 0. The number of benzene rings is 2. The van der Waals surface area contributed by atoms with Crippen molar-refractivity contribution in [2.24, 2.45) is 4.99 Å². The highest BCUT2D eigenvalue weighted by Crippen LogP contribution is 2.30. The molecule has 0 aliphatic carbocycles. The van der Waals surface area contributed by atoms with Crippen LogP contribution in [0.3, 0.4) is 0 Å². The fraction of sp³-hybridized carbons (Fsp3) is 0.167. The van der Waals surface area contributed by atoms with Crippen molar-refractivity contribution in [1.82, 2.24) is 10.3 Å². The minimum atomic E-state index is -0.591. The molecule has 0 fully saturated rings. The number of fused-ring (bicyclic) bond motifs is 1. The van der Waals surface area contributed by atoms with E-state index in [2.05, 4.69) is 20.6 Å². The van der Waals surface area contributed by atoms with Gasteiger partial charge in [-0.25, -0.2) is 14.8 Å². The number of aromatic nitrogens is 1.